The van der Waals surface area contributed by atoms with Crippen LogP contribution in [0.1, 0.15) is 58.7 Å². The Bertz CT molecular complexity index is 686. The summed E-state index contributed by atoms with van der Waals surface area (Å²) in [6, 6.07) is 0. The van der Waals surface area contributed by atoms with Crippen LogP contribution >= 0.6 is 0 Å². The number of unbranched alkanes of at least 4 members (excludes halogenated alkanes) is 3. The number of aryl methyl sites for hydroxylation is 1. The van der Waals surface area contributed by atoms with E-state index in [-0.39, 0.29) is 0 Å². The van der Waals surface area contributed by atoms with E-state index in [9.17, 15) is 8.42 Å². The SMILES string of the molecule is CCc1nncn1CCNC(=NCCCCCCC(C)C)NCCNS(C)(=O)=O. The van der Waals surface area contributed by atoms with E-state index < -0.39 is 10.0 Å². The first-order valence-electron chi connectivity index (χ1n) is 10.6. The van der Waals surface area contributed by atoms with Gasteiger partial charge in [0.1, 0.15) is 12.2 Å². The molecule has 9 nitrogen and oxygen atoms in total. The third-order valence-electron chi connectivity index (χ3n) is 4.40. The molecule has 10 heteroatoms. The maximum absolute atomic E-state index is 11.2. The van der Waals surface area contributed by atoms with Gasteiger partial charge in [0, 0.05) is 39.1 Å². The fourth-order valence-electron chi connectivity index (χ4n) is 2.83. The molecule has 0 aromatic carbocycles. The zero-order valence-electron chi connectivity index (χ0n) is 18.4. The van der Waals surface area contributed by atoms with Gasteiger partial charge in [0.25, 0.3) is 0 Å². The molecule has 0 atom stereocenters. The molecule has 0 aliphatic heterocycles. The molecule has 0 unspecified atom stereocenters. The van der Waals surface area contributed by atoms with E-state index in [0.717, 1.165) is 43.9 Å². The van der Waals surface area contributed by atoms with Gasteiger partial charge < -0.3 is 15.2 Å². The van der Waals surface area contributed by atoms with Crippen LogP contribution in [-0.2, 0) is 23.0 Å². The van der Waals surface area contributed by atoms with E-state index in [0.29, 0.717) is 25.6 Å². The van der Waals surface area contributed by atoms with E-state index in [1.54, 1.807) is 6.33 Å². The smallest absolute Gasteiger partial charge is 0.208 e. The average molecular weight is 430 g/mol. The number of rotatable bonds is 15. The Morgan fingerprint density at radius 2 is 1.86 bits per heavy atom. The number of nitrogens with one attached hydrogen (secondary N) is 3. The van der Waals surface area contributed by atoms with Crippen LogP contribution in [0.25, 0.3) is 0 Å². The van der Waals surface area contributed by atoms with Crippen molar-refractivity contribution in [2.24, 2.45) is 10.9 Å². The second-order valence-corrected chi connectivity index (χ2v) is 9.47. The molecule has 29 heavy (non-hydrogen) atoms. The predicted octanol–water partition coefficient (Wildman–Crippen LogP) is 1.53. The van der Waals surface area contributed by atoms with Gasteiger partial charge in [-0.15, -0.1) is 10.2 Å². The number of aliphatic imine (C=N–C) groups is 1. The molecule has 0 radical (unpaired) electrons. The average Bonchev–Trinajstić information content (AvgIpc) is 3.10. The molecule has 0 fully saturated rings. The highest BCUT2D eigenvalue weighted by atomic mass is 32.2. The van der Waals surface area contributed by atoms with E-state index in [4.69, 9.17) is 0 Å². The van der Waals surface area contributed by atoms with Gasteiger partial charge in [-0.25, -0.2) is 13.1 Å². The molecule has 1 rings (SSSR count). The van der Waals surface area contributed by atoms with Gasteiger partial charge in [-0.1, -0.05) is 46.5 Å². The molecule has 1 aromatic rings. The van der Waals surface area contributed by atoms with Crippen molar-refractivity contribution in [2.45, 2.75) is 65.8 Å². The lowest BCUT2D eigenvalue weighted by Gasteiger charge is -2.13. The molecule has 0 saturated carbocycles. The summed E-state index contributed by atoms with van der Waals surface area (Å²) in [7, 11) is -3.18. The molecular formula is C19H39N7O2S. The fourth-order valence-corrected chi connectivity index (χ4v) is 3.31. The van der Waals surface area contributed by atoms with Crippen molar-refractivity contribution in [1.82, 2.24) is 30.1 Å². The largest absolute Gasteiger partial charge is 0.355 e. The summed E-state index contributed by atoms with van der Waals surface area (Å²) in [4.78, 5) is 4.63. The van der Waals surface area contributed by atoms with Gasteiger partial charge in [0.2, 0.25) is 10.0 Å². The topological polar surface area (TPSA) is 113 Å². The molecule has 0 spiro atoms. The zero-order valence-corrected chi connectivity index (χ0v) is 19.3. The molecule has 168 valence electrons. The summed E-state index contributed by atoms with van der Waals surface area (Å²) in [5.74, 6) is 2.43. The standard InChI is InChI=1S/C19H39N7O2S/c1-5-18-25-23-16-26(18)15-14-22-19(21-12-13-24-29(4,27)28)20-11-9-7-6-8-10-17(2)3/h16-17,24H,5-15H2,1-4H3,(H2,20,21,22). The van der Waals surface area contributed by atoms with Gasteiger partial charge >= 0.3 is 0 Å². The number of guanidine groups is 1. The molecular weight excluding hydrogens is 390 g/mol. The first kappa shape index (κ1) is 25.4. The lowest BCUT2D eigenvalue weighted by atomic mass is 10.0. The molecule has 0 amide bonds. The van der Waals surface area contributed by atoms with Crippen molar-refractivity contribution >= 4 is 16.0 Å². The second kappa shape index (κ2) is 14.3. The first-order chi connectivity index (χ1) is 13.8. The van der Waals surface area contributed by atoms with Crippen LogP contribution in [0, 0.1) is 5.92 Å². The van der Waals surface area contributed by atoms with E-state index in [2.05, 4.69) is 51.3 Å². The van der Waals surface area contributed by atoms with Crippen molar-refractivity contribution in [3.63, 3.8) is 0 Å². The molecule has 0 saturated heterocycles. The minimum Gasteiger partial charge on any atom is -0.355 e. The molecule has 1 aromatic heterocycles. The summed E-state index contributed by atoms with van der Waals surface area (Å²) >= 11 is 0. The number of nitrogens with zero attached hydrogens (tertiary/aromatic N) is 4. The first-order valence-corrected chi connectivity index (χ1v) is 12.5. The molecule has 0 aliphatic carbocycles. The van der Waals surface area contributed by atoms with Crippen LogP contribution in [0.5, 0.6) is 0 Å². The van der Waals surface area contributed by atoms with E-state index in [1.165, 1.54) is 25.7 Å². The monoisotopic (exact) mass is 429 g/mol. The Labute approximate surface area is 176 Å². The van der Waals surface area contributed by atoms with Crippen molar-refractivity contribution in [1.29, 1.82) is 0 Å². The van der Waals surface area contributed by atoms with Crippen LogP contribution in [0.2, 0.25) is 0 Å². The van der Waals surface area contributed by atoms with Crippen LogP contribution < -0.4 is 15.4 Å². The Kier molecular flexibility index (Phi) is 12.5. The van der Waals surface area contributed by atoms with Crippen LogP contribution in [0.4, 0.5) is 0 Å². The molecule has 3 N–H and O–H groups in total. The third-order valence-corrected chi connectivity index (χ3v) is 5.13. The highest BCUT2D eigenvalue weighted by Gasteiger charge is 2.04. The lowest BCUT2D eigenvalue weighted by Crippen LogP contribution is -2.42. The molecule has 0 aliphatic rings. The maximum Gasteiger partial charge on any atom is 0.208 e. The second-order valence-electron chi connectivity index (χ2n) is 7.64. The van der Waals surface area contributed by atoms with Crippen molar-refractivity contribution in [3.8, 4) is 0 Å². The van der Waals surface area contributed by atoms with Gasteiger partial charge in [-0.05, 0) is 12.3 Å². The van der Waals surface area contributed by atoms with Gasteiger partial charge in [0.05, 0.1) is 6.26 Å². The van der Waals surface area contributed by atoms with E-state index in [1.807, 2.05) is 4.57 Å². The number of aromatic nitrogens is 3. The fraction of sp³-hybridized carbons (Fsp3) is 0.842. The highest BCUT2D eigenvalue weighted by molar-refractivity contribution is 7.88. The summed E-state index contributed by atoms with van der Waals surface area (Å²) < 4.78 is 26.9. The Hall–Kier alpha value is -1.68. The maximum atomic E-state index is 11.2. The number of hydrogen-bond acceptors (Lipinski definition) is 5. The Balaban J connectivity index is 2.40. The van der Waals surface area contributed by atoms with Gasteiger partial charge in [-0.3, -0.25) is 4.99 Å². The minimum absolute atomic E-state index is 0.320. The van der Waals surface area contributed by atoms with Gasteiger partial charge in [-0.2, -0.15) is 0 Å². The third kappa shape index (κ3) is 13.2. The van der Waals surface area contributed by atoms with Crippen LogP contribution in [-0.4, -0.2) is 61.6 Å². The molecule has 1 heterocycles. The van der Waals surface area contributed by atoms with Gasteiger partial charge in [0.15, 0.2) is 5.96 Å². The zero-order chi connectivity index (χ0) is 21.5. The highest BCUT2D eigenvalue weighted by Crippen LogP contribution is 2.09. The van der Waals surface area contributed by atoms with Crippen molar-refractivity contribution in [2.75, 3.05) is 32.4 Å². The molecule has 0 bridgehead atoms. The summed E-state index contributed by atoms with van der Waals surface area (Å²) in [6.07, 6.45) is 9.77. The summed E-state index contributed by atoms with van der Waals surface area (Å²) in [6.45, 7) is 9.55. The van der Waals surface area contributed by atoms with Crippen molar-refractivity contribution in [3.05, 3.63) is 12.2 Å². The van der Waals surface area contributed by atoms with E-state index >= 15 is 0 Å². The Morgan fingerprint density at radius 1 is 1.14 bits per heavy atom. The lowest BCUT2D eigenvalue weighted by molar-refractivity contribution is 0.521. The quantitative estimate of drug-likeness (QED) is 0.221. The van der Waals surface area contributed by atoms with Crippen LogP contribution in [0.15, 0.2) is 11.3 Å². The minimum atomic E-state index is -3.18. The van der Waals surface area contributed by atoms with Crippen molar-refractivity contribution < 1.29 is 8.42 Å². The van der Waals surface area contributed by atoms with Crippen LogP contribution in [0.3, 0.4) is 0 Å². The number of sulfonamides is 1. The normalized spacial score (nSPS) is 12.5. The number of hydrogen-bond donors (Lipinski definition) is 3. The predicted molar refractivity (Wildman–Crippen MR) is 118 cm³/mol. The summed E-state index contributed by atoms with van der Waals surface area (Å²) in [5, 5.41) is 14.5. The Morgan fingerprint density at radius 3 is 2.55 bits per heavy atom. The summed E-state index contributed by atoms with van der Waals surface area (Å²) in [5.41, 5.74) is 0.